The third-order valence-electron chi connectivity index (χ3n) is 4.60. The molecule has 0 radical (unpaired) electrons. The molecule has 0 amide bonds. The molecule has 1 aliphatic carbocycles. The number of rotatable bonds is 4. The Morgan fingerprint density at radius 2 is 1.76 bits per heavy atom. The van der Waals surface area contributed by atoms with Gasteiger partial charge in [0.15, 0.2) is 0 Å². The summed E-state index contributed by atoms with van der Waals surface area (Å²) in [6.45, 7) is 4.11. The molecular formula is C16H23NO3S. The van der Waals surface area contributed by atoms with E-state index in [9.17, 15) is 8.42 Å². The topological polar surface area (TPSA) is 46.6 Å². The molecule has 0 aromatic heterocycles. The van der Waals surface area contributed by atoms with E-state index in [-0.39, 0.29) is 6.10 Å². The number of piperidine rings is 1. The predicted octanol–water partition coefficient (Wildman–Crippen LogP) is 2.72. The largest absolute Gasteiger partial charge is 0.300 e. The molecule has 5 heteroatoms. The van der Waals surface area contributed by atoms with Crippen molar-refractivity contribution in [2.75, 3.05) is 13.1 Å². The molecule has 2 aliphatic rings. The summed E-state index contributed by atoms with van der Waals surface area (Å²) in [6, 6.07) is 7.51. The van der Waals surface area contributed by atoms with Gasteiger partial charge < -0.3 is 4.90 Å². The van der Waals surface area contributed by atoms with Crippen molar-refractivity contribution in [3.8, 4) is 0 Å². The number of aryl methyl sites for hydroxylation is 1. The molecule has 1 aromatic carbocycles. The summed E-state index contributed by atoms with van der Waals surface area (Å²) in [4.78, 5) is 2.79. The highest BCUT2D eigenvalue weighted by Gasteiger charge is 2.38. The van der Waals surface area contributed by atoms with Crippen LogP contribution in [0.5, 0.6) is 0 Å². The Hall–Kier alpha value is -0.910. The van der Waals surface area contributed by atoms with E-state index in [0.717, 1.165) is 31.5 Å². The molecule has 1 aromatic rings. The number of nitrogens with zero attached hydrogens (tertiary/aromatic N) is 1. The molecule has 0 atom stereocenters. The van der Waals surface area contributed by atoms with Gasteiger partial charge in [0, 0.05) is 6.04 Å². The summed E-state index contributed by atoms with van der Waals surface area (Å²) >= 11 is 0. The Labute approximate surface area is 127 Å². The van der Waals surface area contributed by atoms with Gasteiger partial charge in [-0.2, -0.15) is 8.42 Å². The molecule has 0 N–H and O–H groups in total. The predicted molar refractivity (Wildman–Crippen MR) is 81.7 cm³/mol. The molecule has 0 unspecified atom stereocenters. The first-order valence-electron chi connectivity index (χ1n) is 7.79. The average Bonchev–Trinajstić information content (AvgIpc) is 2.43. The fourth-order valence-electron chi connectivity index (χ4n) is 3.27. The highest BCUT2D eigenvalue weighted by Crippen LogP contribution is 2.33. The third-order valence-corrected chi connectivity index (χ3v) is 6.12. The van der Waals surface area contributed by atoms with Crippen LogP contribution in [0.1, 0.15) is 37.7 Å². The smallest absolute Gasteiger partial charge is 0.297 e. The van der Waals surface area contributed by atoms with Gasteiger partial charge in [-0.05, 0) is 57.3 Å². The second-order valence-corrected chi connectivity index (χ2v) is 7.70. The zero-order valence-corrected chi connectivity index (χ0v) is 13.3. The van der Waals surface area contributed by atoms with Gasteiger partial charge in [-0.25, -0.2) is 0 Å². The molecule has 2 fully saturated rings. The zero-order chi connectivity index (χ0) is 14.9. The maximum absolute atomic E-state index is 12.3. The molecular weight excluding hydrogens is 286 g/mol. The molecule has 116 valence electrons. The Bertz CT molecular complexity index is 587. The van der Waals surface area contributed by atoms with Gasteiger partial charge in [0.05, 0.1) is 11.0 Å². The summed E-state index contributed by atoms with van der Waals surface area (Å²) in [6.07, 6.45) is 5.38. The molecule has 21 heavy (non-hydrogen) atoms. The minimum absolute atomic E-state index is 0.151. The Morgan fingerprint density at radius 3 is 2.43 bits per heavy atom. The summed E-state index contributed by atoms with van der Waals surface area (Å²) in [5.74, 6) is 0. The van der Waals surface area contributed by atoms with Gasteiger partial charge in [0.2, 0.25) is 0 Å². The first-order chi connectivity index (χ1) is 10.1. The normalized spacial score (nSPS) is 27.3. The van der Waals surface area contributed by atoms with E-state index < -0.39 is 10.1 Å². The molecule has 1 aliphatic heterocycles. The second-order valence-electron chi connectivity index (χ2n) is 6.16. The highest BCUT2D eigenvalue weighted by molar-refractivity contribution is 7.86. The fourth-order valence-corrected chi connectivity index (χ4v) is 4.59. The van der Waals surface area contributed by atoms with Crippen LogP contribution in [0.15, 0.2) is 29.2 Å². The Balaban J connectivity index is 1.57. The van der Waals surface area contributed by atoms with Gasteiger partial charge in [-0.1, -0.05) is 24.6 Å². The first kappa shape index (κ1) is 15.0. The molecule has 1 saturated heterocycles. The maximum atomic E-state index is 12.3. The van der Waals surface area contributed by atoms with Crippen molar-refractivity contribution in [3.63, 3.8) is 0 Å². The van der Waals surface area contributed by atoms with Crippen LogP contribution in [-0.4, -0.2) is 38.6 Å². The van der Waals surface area contributed by atoms with Crippen LogP contribution in [0.25, 0.3) is 0 Å². The van der Waals surface area contributed by atoms with Crippen molar-refractivity contribution >= 4 is 10.1 Å². The molecule has 3 rings (SSSR count). The monoisotopic (exact) mass is 309 g/mol. The molecule has 1 saturated carbocycles. The second kappa shape index (κ2) is 6.07. The van der Waals surface area contributed by atoms with Gasteiger partial charge in [-0.3, -0.25) is 4.18 Å². The Morgan fingerprint density at radius 1 is 1.10 bits per heavy atom. The van der Waals surface area contributed by atoms with E-state index in [1.807, 2.05) is 6.07 Å². The lowest BCUT2D eigenvalue weighted by molar-refractivity contribution is 0.0124. The van der Waals surface area contributed by atoms with E-state index in [0.29, 0.717) is 10.9 Å². The average molecular weight is 309 g/mol. The highest BCUT2D eigenvalue weighted by atomic mass is 32.2. The van der Waals surface area contributed by atoms with Crippen LogP contribution >= 0.6 is 0 Å². The van der Waals surface area contributed by atoms with E-state index in [4.69, 9.17) is 4.18 Å². The lowest BCUT2D eigenvalue weighted by Gasteiger charge is -2.43. The standard InChI is InChI=1S/C16H23NO3S/c1-13-7-3-4-8-16(13)21(18,19)20-15-11-14(12-15)17-9-5-2-6-10-17/h3-4,7-8,14-15H,2,5-6,9-12H2,1H3. The molecule has 1 heterocycles. The minimum atomic E-state index is -3.62. The van der Waals surface area contributed by atoms with Gasteiger partial charge >= 0.3 is 0 Å². The Kier molecular flexibility index (Phi) is 4.33. The van der Waals surface area contributed by atoms with Crippen molar-refractivity contribution in [2.45, 2.75) is 56.1 Å². The van der Waals surface area contributed by atoms with Crippen molar-refractivity contribution in [1.29, 1.82) is 0 Å². The van der Waals surface area contributed by atoms with Crippen molar-refractivity contribution in [3.05, 3.63) is 29.8 Å². The summed E-state index contributed by atoms with van der Waals surface area (Å²) in [5.41, 5.74) is 0.740. The lowest BCUT2D eigenvalue weighted by Crippen LogP contribution is -2.50. The van der Waals surface area contributed by atoms with Gasteiger partial charge in [0.1, 0.15) is 0 Å². The quantitative estimate of drug-likeness (QED) is 0.802. The fraction of sp³-hybridized carbons (Fsp3) is 0.625. The van der Waals surface area contributed by atoms with Crippen molar-refractivity contribution < 1.29 is 12.6 Å². The number of likely N-dealkylation sites (tertiary alicyclic amines) is 1. The summed E-state index contributed by atoms with van der Waals surface area (Å²) in [7, 11) is -3.62. The number of benzene rings is 1. The number of hydrogen-bond acceptors (Lipinski definition) is 4. The SMILES string of the molecule is Cc1ccccc1S(=O)(=O)OC1CC(N2CCCCC2)C1. The van der Waals surface area contributed by atoms with Gasteiger partial charge in [-0.15, -0.1) is 0 Å². The van der Waals surface area contributed by atoms with Crippen LogP contribution < -0.4 is 0 Å². The minimum Gasteiger partial charge on any atom is -0.300 e. The lowest BCUT2D eigenvalue weighted by atomic mass is 9.87. The van der Waals surface area contributed by atoms with Crippen LogP contribution in [0.3, 0.4) is 0 Å². The van der Waals surface area contributed by atoms with E-state index in [1.165, 1.54) is 19.3 Å². The number of hydrogen-bond donors (Lipinski definition) is 0. The maximum Gasteiger partial charge on any atom is 0.297 e. The van der Waals surface area contributed by atoms with Crippen molar-refractivity contribution in [1.82, 2.24) is 4.90 Å². The van der Waals surface area contributed by atoms with Crippen LogP contribution in [0.2, 0.25) is 0 Å². The van der Waals surface area contributed by atoms with E-state index >= 15 is 0 Å². The van der Waals surface area contributed by atoms with Crippen LogP contribution in [-0.2, 0) is 14.3 Å². The summed E-state index contributed by atoms with van der Waals surface area (Å²) < 4.78 is 30.0. The molecule has 0 spiro atoms. The van der Waals surface area contributed by atoms with Crippen LogP contribution in [0, 0.1) is 6.92 Å². The third kappa shape index (κ3) is 3.30. The zero-order valence-electron chi connectivity index (χ0n) is 12.5. The van der Waals surface area contributed by atoms with E-state index in [1.54, 1.807) is 25.1 Å². The van der Waals surface area contributed by atoms with E-state index in [2.05, 4.69) is 4.90 Å². The molecule has 4 nitrogen and oxygen atoms in total. The van der Waals surface area contributed by atoms with Gasteiger partial charge in [0.25, 0.3) is 10.1 Å². The summed E-state index contributed by atoms with van der Waals surface area (Å²) in [5, 5.41) is 0. The van der Waals surface area contributed by atoms with Crippen molar-refractivity contribution in [2.24, 2.45) is 0 Å². The first-order valence-corrected chi connectivity index (χ1v) is 9.20. The molecule has 0 bridgehead atoms. The van der Waals surface area contributed by atoms with Crippen LogP contribution in [0.4, 0.5) is 0 Å².